The summed E-state index contributed by atoms with van der Waals surface area (Å²) in [6.07, 6.45) is 0.261. The molecule has 0 saturated carbocycles. The minimum absolute atomic E-state index is 0.0566. The molecule has 0 aromatic heterocycles. The Morgan fingerprint density at radius 2 is 1.85 bits per heavy atom. The lowest BCUT2D eigenvalue weighted by atomic mass is 9.90. The smallest absolute Gasteiger partial charge is 0.341 e. The van der Waals surface area contributed by atoms with Crippen LogP contribution in [0.4, 0.5) is 4.39 Å². The third-order valence-corrected chi connectivity index (χ3v) is 4.71. The van der Waals surface area contributed by atoms with Crippen molar-refractivity contribution in [3.8, 4) is 11.5 Å². The Morgan fingerprint density at radius 3 is 2.41 bits per heavy atom. The third kappa shape index (κ3) is 4.92. The molecule has 0 radical (unpaired) electrons. The second-order valence-corrected chi connectivity index (χ2v) is 7.52. The van der Waals surface area contributed by atoms with Crippen LogP contribution in [-0.4, -0.2) is 22.8 Å². The van der Waals surface area contributed by atoms with Crippen LogP contribution in [0.15, 0.2) is 24.3 Å². The Labute approximate surface area is 163 Å². The van der Waals surface area contributed by atoms with Crippen LogP contribution < -0.4 is 4.74 Å². The second-order valence-electron chi connectivity index (χ2n) is 7.11. The number of carboxylic acid groups (broad SMARTS) is 1. The van der Waals surface area contributed by atoms with E-state index in [0.717, 1.165) is 11.1 Å². The minimum atomic E-state index is -1.08. The molecular weight excluding hydrogens is 371 g/mol. The van der Waals surface area contributed by atoms with Gasteiger partial charge in [0.1, 0.15) is 17.3 Å². The molecule has 0 bridgehead atoms. The lowest BCUT2D eigenvalue weighted by Crippen LogP contribution is -2.10. The predicted octanol–water partition coefficient (Wildman–Crippen LogP) is 5.49. The Hall–Kier alpha value is -2.27. The summed E-state index contributed by atoms with van der Waals surface area (Å²) in [7, 11) is 0. The maximum Gasteiger partial charge on any atom is 0.341 e. The number of halogens is 2. The first-order chi connectivity index (χ1) is 12.6. The molecular formula is C21H24ClFO4. The molecule has 0 saturated heterocycles. The number of hydrogen-bond donors (Lipinski definition) is 2. The van der Waals surface area contributed by atoms with Crippen molar-refractivity contribution < 1.29 is 24.1 Å². The summed E-state index contributed by atoms with van der Waals surface area (Å²) in [4.78, 5) is 10.7. The second kappa shape index (κ2) is 8.61. The molecule has 0 unspecified atom stereocenters. The van der Waals surface area contributed by atoms with Gasteiger partial charge in [-0.2, -0.15) is 0 Å². The quantitative estimate of drug-likeness (QED) is 0.652. The van der Waals surface area contributed by atoms with Gasteiger partial charge in [-0.15, -0.1) is 0 Å². The molecule has 0 atom stereocenters. The van der Waals surface area contributed by atoms with Crippen molar-refractivity contribution in [1.29, 1.82) is 0 Å². The van der Waals surface area contributed by atoms with E-state index in [1.165, 1.54) is 6.07 Å². The van der Waals surface area contributed by atoms with E-state index in [1.54, 1.807) is 18.2 Å². The maximum atomic E-state index is 14.9. The molecule has 2 aromatic carbocycles. The monoisotopic (exact) mass is 394 g/mol. The van der Waals surface area contributed by atoms with Crippen LogP contribution in [0.2, 0.25) is 5.02 Å². The van der Waals surface area contributed by atoms with E-state index in [9.17, 15) is 14.3 Å². The first-order valence-electron chi connectivity index (χ1n) is 8.78. The molecule has 0 aliphatic heterocycles. The Kier molecular flexibility index (Phi) is 6.71. The van der Waals surface area contributed by atoms with Crippen LogP contribution in [0, 0.1) is 5.82 Å². The molecule has 2 N–H and O–H groups in total. The Morgan fingerprint density at radius 1 is 1.19 bits per heavy atom. The first kappa shape index (κ1) is 21.0. The van der Waals surface area contributed by atoms with Crippen LogP contribution >= 0.6 is 11.6 Å². The highest BCUT2D eigenvalue weighted by Crippen LogP contribution is 2.36. The third-order valence-electron chi connectivity index (χ3n) is 4.37. The van der Waals surface area contributed by atoms with E-state index < -0.39 is 18.4 Å². The fraction of sp³-hybridized carbons (Fsp3) is 0.381. The van der Waals surface area contributed by atoms with E-state index in [1.807, 2.05) is 27.7 Å². The summed E-state index contributed by atoms with van der Waals surface area (Å²) in [5, 5.41) is 19.1. The van der Waals surface area contributed by atoms with Crippen LogP contribution in [0.25, 0.3) is 0 Å². The van der Waals surface area contributed by atoms with Crippen molar-refractivity contribution in [3.63, 3.8) is 0 Å². The molecule has 0 heterocycles. The number of phenolic OH excluding ortho intramolecular Hbond substituents is 1. The highest BCUT2D eigenvalue weighted by molar-refractivity contribution is 6.31. The zero-order chi connectivity index (χ0) is 20.3. The van der Waals surface area contributed by atoms with Gasteiger partial charge in [-0.25, -0.2) is 9.18 Å². The van der Waals surface area contributed by atoms with Gasteiger partial charge in [0.15, 0.2) is 6.61 Å². The van der Waals surface area contributed by atoms with Crippen LogP contribution in [-0.2, 0) is 11.2 Å². The van der Waals surface area contributed by atoms with Crippen LogP contribution in [0.3, 0.4) is 0 Å². The Balaban J connectivity index is 2.47. The van der Waals surface area contributed by atoms with Gasteiger partial charge < -0.3 is 14.9 Å². The molecule has 27 heavy (non-hydrogen) atoms. The largest absolute Gasteiger partial charge is 0.508 e. The van der Waals surface area contributed by atoms with Gasteiger partial charge in [-0.05, 0) is 46.7 Å². The Bertz CT molecular complexity index is 847. The number of aliphatic carboxylic acids is 1. The molecule has 0 aliphatic carbocycles. The average Bonchev–Trinajstić information content (AvgIpc) is 2.56. The number of phenols is 1. The van der Waals surface area contributed by atoms with Gasteiger partial charge in [0.05, 0.1) is 0 Å². The minimum Gasteiger partial charge on any atom is -0.508 e. The normalized spacial score (nSPS) is 11.3. The molecule has 0 aliphatic rings. The predicted molar refractivity (Wildman–Crippen MR) is 104 cm³/mol. The van der Waals surface area contributed by atoms with Crippen LogP contribution in [0.1, 0.15) is 61.8 Å². The fourth-order valence-corrected chi connectivity index (χ4v) is 3.35. The first-order valence-corrected chi connectivity index (χ1v) is 9.16. The van der Waals surface area contributed by atoms with Crippen molar-refractivity contribution in [2.75, 3.05) is 6.61 Å². The molecule has 2 aromatic rings. The van der Waals surface area contributed by atoms with E-state index in [2.05, 4.69) is 0 Å². The van der Waals surface area contributed by atoms with Gasteiger partial charge in [0.25, 0.3) is 0 Å². The van der Waals surface area contributed by atoms with Crippen molar-refractivity contribution in [2.45, 2.75) is 46.0 Å². The topological polar surface area (TPSA) is 66.8 Å². The summed E-state index contributed by atoms with van der Waals surface area (Å²) < 4.78 is 20.2. The average molecular weight is 395 g/mol. The van der Waals surface area contributed by atoms with Gasteiger partial charge in [-0.1, -0.05) is 45.4 Å². The highest BCUT2D eigenvalue weighted by atomic mass is 35.5. The molecule has 4 nitrogen and oxygen atoms in total. The number of aromatic hydroxyl groups is 1. The summed E-state index contributed by atoms with van der Waals surface area (Å²) >= 11 is 6.43. The van der Waals surface area contributed by atoms with E-state index in [-0.39, 0.29) is 29.6 Å². The molecule has 146 valence electrons. The number of benzene rings is 2. The number of carbonyl (C=O) groups is 1. The van der Waals surface area contributed by atoms with E-state index >= 15 is 0 Å². The zero-order valence-electron chi connectivity index (χ0n) is 15.8. The number of rotatable bonds is 7. The molecule has 0 spiro atoms. The molecule has 0 fully saturated rings. The van der Waals surface area contributed by atoms with Gasteiger partial charge in [-0.3, -0.25) is 0 Å². The summed E-state index contributed by atoms with van der Waals surface area (Å²) in [6.45, 7) is 7.13. The SMILES string of the molecule is CC(C)c1cc(OCC(=O)O)cc(Cl)c1Cc1ccc(O)c(C(C)C)c1F. The molecule has 0 amide bonds. The van der Waals surface area contributed by atoms with Crippen molar-refractivity contribution in [2.24, 2.45) is 0 Å². The van der Waals surface area contributed by atoms with Gasteiger partial charge in [0, 0.05) is 17.0 Å². The summed E-state index contributed by atoms with van der Waals surface area (Å²) in [6, 6.07) is 6.36. The molecule has 6 heteroatoms. The standard InChI is InChI=1S/C21H24ClFO4/c1-11(2)15-8-14(27-10-19(25)26)9-17(22)16(15)7-13-5-6-18(24)20(12(3)4)21(13)23/h5-6,8-9,11-12,24H,7,10H2,1-4H3,(H,25,26). The number of carboxylic acids is 1. The van der Waals surface area contributed by atoms with Crippen molar-refractivity contribution in [3.05, 3.63) is 57.4 Å². The zero-order valence-corrected chi connectivity index (χ0v) is 16.6. The van der Waals surface area contributed by atoms with E-state index in [0.29, 0.717) is 16.3 Å². The maximum absolute atomic E-state index is 14.9. The summed E-state index contributed by atoms with van der Waals surface area (Å²) in [5.41, 5.74) is 2.35. The van der Waals surface area contributed by atoms with Gasteiger partial charge in [0.2, 0.25) is 0 Å². The molecule has 2 rings (SSSR count). The van der Waals surface area contributed by atoms with Gasteiger partial charge >= 0.3 is 5.97 Å². The van der Waals surface area contributed by atoms with Crippen molar-refractivity contribution >= 4 is 17.6 Å². The summed E-state index contributed by atoms with van der Waals surface area (Å²) in [5.74, 6) is -1.27. The number of ether oxygens (including phenoxy) is 1. The highest BCUT2D eigenvalue weighted by Gasteiger charge is 2.20. The van der Waals surface area contributed by atoms with Crippen molar-refractivity contribution in [1.82, 2.24) is 0 Å². The van der Waals surface area contributed by atoms with E-state index in [4.69, 9.17) is 21.4 Å². The fourth-order valence-electron chi connectivity index (χ4n) is 3.07. The van der Waals surface area contributed by atoms with Crippen LogP contribution in [0.5, 0.6) is 11.5 Å². The number of hydrogen-bond acceptors (Lipinski definition) is 3. The lowest BCUT2D eigenvalue weighted by molar-refractivity contribution is -0.139. The lowest BCUT2D eigenvalue weighted by Gasteiger charge is -2.19.